The Bertz CT molecular complexity index is 500. The minimum atomic E-state index is -1.03. The first-order valence-electron chi connectivity index (χ1n) is 6.01. The summed E-state index contributed by atoms with van der Waals surface area (Å²) in [6.07, 6.45) is 1.93. The summed E-state index contributed by atoms with van der Waals surface area (Å²) in [5.41, 5.74) is 2.17. The van der Waals surface area contributed by atoms with Crippen LogP contribution >= 0.6 is 11.8 Å². The Morgan fingerprint density at radius 2 is 2.00 bits per heavy atom. The first kappa shape index (κ1) is 15.6. The Balaban J connectivity index is 3.06. The number of anilines is 1. The summed E-state index contributed by atoms with van der Waals surface area (Å²) in [5, 5.41) is 12.0. The smallest absolute Gasteiger partial charge is 0.337 e. The first-order valence-corrected chi connectivity index (χ1v) is 7.40. The van der Waals surface area contributed by atoms with Crippen LogP contribution in [-0.4, -0.2) is 29.0 Å². The quantitative estimate of drug-likeness (QED) is 0.871. The number of carboxylic acids is 1. The number of hydrogen-bond donors (Lipinski definition) is 2. The van der Waals surface area contributed by atoms with Crippen molar-refractivity contribution in [3.05, 3.63) is 28.8 Å². The number of carbonyl (C=O) groups is 2. The van der Waals surface area contributed by atoms with Crippen molar-refractivity contribution in [3.63, 3.8) is 0 Å². The van der Waals surface area contributed by atoms with Gasteiger partial charge in [-0.25, -0.2) is 4.79 Å². The number of carboxylic acid groups (broad SMARTS) is 1. The Morgan fingerprint density at radius 1 is 1.37 bits per heavy atom. The van der Waals surface area contributed by atoms with Gasteiger partial charge in [-0.2, -0.15) is 11.8 Å². The lowest BCUT2D eigenvalue weighted by Gasteiger charge is -2.15. The molecule has 0 heterocycles. The lowest BCUT2D eigenvalue weighted by molar-refractivity contribution is -0.118. The maximum absolute atomic E-state index is 12.0. The lowest BCUT2D eigenvalue weighted by atomic mass is 10.0. The lowest BCUT2D eigenvalue weighted by Crippen LogP contribution is -2.24. The minimum Gasteiger partial charge on any atom is -0.478 e. The molecule has 0 bridgehead atoms. The molecule has 1 aromatic rings. The standard InChI is InChI=1S/C14H19NO3S/c1-8-5-9(2)12(11(6-8)14(17)18)15-13(16)10(3)7-19-4/h5-6,10H,7H2,1-4H3,(H,15,16)(H,17,18). The molecule has 5 heteroatoms. The second-order valence-corrected chi connectivity index (χ2v) is 5.57. The van der Waals surface area contributed by atoms with E-state index >= 15 is 0 Å². The minimum absolute atomic E-state index is 0.141. The van der Waals surface area contributed by atoms with Crippen molar-refractivity contribution >= 4 is 29.3 Å². The van der Waals surface area contributed by atoms with Crippen LogP contribution in [0.2, 0.25) is 0 Å². The molecule has 0 aromatic heterocycles. The fourth-order valence-electron chi connectivity index (χ4n) is 1.87. The number of amides is 1. The summed E-state index contributed by atoms with van der Waals surface area (Å²) in [4.78, 5) is 23.2. The molecule has 1 aromatic carbocycles. The van der Waals surface area contributed by atoms with Crippen molar-refractivity contribution in [2.24, 2.45) is 5.92 Å². The second kappa shape index (κ2) is 6.61. The Labute approximate surface area is 117 Å². The van der Waals surface area contributed by atoms with E-state index in [1.807, 2.05) is 26.2 Å². The van der Waals surface area contributed by atoms with Crippen LogP contribution in [0.15, 0.2) is 12.1 Å². The van der Waals surface area contributed by atoms with Crippen molar-refractivity contribution in [1.82, 2.24) is 0 Å². The monoisotopic (exact) mass is 281 g/mol. The number of hydrogen-bond acceptors (Lipinski definition) is 3. The third-order valence-electron chi connectivity index (χ3n) is 2.82. The summed E-state index contributed by atoms with van der Waals surface area (Å²) >= 11 is 1.59. The van der Waals surface area contributed by atoms with Gasteiger partial charge in [0.25, 0.3) is 0 Å². The van der Waals surface area contributed by atoms with Crippen LogP contribution in [0.3, 0.4) is 0 Å². The predicted molar refractivity (Wildman–Crippen MR) is 79.1 cm³/mol. The molecule has 4 nitrogen and oxygen atoms in total. The topological polar surface area (TPSA) is 66.4 Å². The van der Waals surface area contributed by atoms with E-state index in [2.05, 4.69) is 5.32 Å². The van der Waals surface area contributed by atoms with Gasteiger partial charge in [0.1, 0.15) is 0 Å². The van der Waals surface area contributed by atoms with Crippen molar-refractivity contribution in [2.75, 3.05) is 17.3 Å². The zero-order chi connectivity index (χ0) is 14.6. The fraction of sp³-hybridized carbons (Fsp3) is 0.429. The van der Waals surface area contributed by atoms with Crippen LogP contribution < -0.4 is 5.32 Å². The van der Waals surface area contributed by atoms with Gasteiger partial charge in [-0.15, -0.1) is 0 Å². The number of aromatic carboxylic acids is 1. The number of thioether (sulfide) groups is 1. The highest BCUT2D eigenvalue weighted by atomic mass is 32.2. The Morgan fingerprint density at radius 3 is 2.53 bits per heavy atom. The van der Waals surface area contributed by atoms with Crippen molar-refractivity contribution in [3.8, 4) is 0 Å². The molecule has 1 atom stereocenters. The predicted octanol–water partition coefficient (Wildman–Crippen LogP) is 2.94. The molecule has 0 fully saturated rings. The maximum atomic E-state index is 12.0. The largest absolute Gasteiger partial charge is 0.478 e. The van der Waals surface area contributed by atoms with Crippen molar-refractivity contribution in [1.29, 1.82) is 0 Å². The zero-order valence-corrected chi connectivity index (χ0v) is 12.4. The average Bonchev–Trinajstić information content (AvgIpc) is 2.32. The van der Waals surface area contributed by atoms with Crippen LogP contribution in [-0.2, 0) is 4.79 Å². The molecular weight excluding hydrogens is 262 g/mol. The van der Waals surface area contributed by atoms with E-state index in [1.165, 1.54) is 0 Å². The summed E-state index contributed by atoms with van der Waals surface area (Å²) in [7, 11) is 0. The molecule has 0 aliphatic rings. The number of nitrogens with one attached hydrogen (secondary N) is 1. The molecule has 104 valence electrons. The third kappa shape index (κ3) is 3.99. The van der Waals surface area contributed by atoms with Gasteiger partial charge >= 0.3 is 5.97 Å². The van der Waals surface area contributed by atoms with E-state index in [4.69, 9.17) is 0 Å². The van der Waals surface area contributed by atoms with E-state index in [-0.39, 0.29) is 17.4 Å². The molecule has 0 saturated carbocycles. The van der Waals surface area contributed by atoms with E-state index < -0.39 is 5.97 Å². The van der Waals surface area contributed by atoms with E-state index in [9.17, 15) is 14.7 Å². The first-order chi connectivity index (χ1) is 8.86. The average molecular weight is 281 g/mol. The van der Waals surface area contributed by atoms with Gasteiger partial charge < -0.3 is 10.4 Å². The van der Waals surface area contributed by atoms with Gasteiger partial charge in [0.05, 0.1) is 11.3 Å². The summed E-state index contributed by atoms with van der Waals surface area (Å²) < 4.78 is 0. The van der Waals surface area contributed by atoms with Crippen LogP contribution in [0, 0.1) is 19.8 Å². The highest BCUT2D eigenvalue weighted by Gasteiger charge is 2.18. The van der Waals surface area contributed by atoms with Gasteiger partial charge in [-0.05, 0) is 37.3 Å². The molecule has 0 aliphatic carbocycles. The molecule has 2 N–H and O–H groups in total. The number of carbonyl (C=O) groups excluding carboxylic acids is 1. The van der Waals surface area contributed by atoms with E-state index in [0.29, 0.717) is 11.4 Å². The zero-order valence-electron chi connectivity index (χ0n) is 11.6. The molecule has 0 aliphatic heterocycles. The molecule has 0 saturated heterocycles. The normalized spacial score (nSPS) is 12.0. The highest BCUT2D eigenvalue weighted by Crippen LogP contribution is 2.23. The molecule has 1 amide bonds. The fourth-order valence-corrected chi connectivity index (χ4v) is 2.53. The van der Waals surface area contributed by atoms with Gasteiger partial charge in [0.15, 0.2) is 0 Å². The Kier molecular flexibility index (Phi) is 5.42. The highest BCUT2D eigenvalue weighted by molar-refractivity contribution is 7.98. The van der Waals surface area contributed by atoms with Gasteiger partial charge in [0.2, 0.25) is 5.91 Å². The van der Waals surface area contributed by atoms with Gasteiger partial charge in [-0.1, -0.05) is 13.0 Å². The molecule has 1 unspecified atom stereocenters. The van der Waals surface area contributed by atoms with E-state index in [0.717, 1.165) is 11.1 Å². The van der Waals surface area contributed by atoms with Crippen molar-refractivity contribution in [2.45, 2.75) is 20.8 Å². The molecule has 19 heavy (non-hydrogen) atoms. The third-order valence-corrected chi connectivity index (χ3v) is 3.66. The maximum Gasteiger partial charge on any atom is 0.337 e. The number of benzene rings is 1. The summed E-state index contributed by atoms with van der Waals surface area (Å²) in [6.45, 7) is 5.46. The second-order valence-electron chi connectivity index (χ2n) is 4.66. The Hall–Kier alpha value is -1.49. The summed E-state index contributed by atoms with van der Waals surface area (Å²) in [5.74, 6) is -0.625. The van der Waals surface area contributed by atoms with Crippen LogP contribution in [0.4, 0.5) is 5.69 Å². The van der Waals surface area contributed by atoms with Gasteiger partial charge in [-0.3, -0.25) is 4.79 Å². The van der Waals surface area contributed by atoms with Crippen molar-refractivity contribution < 1.29 is 14.7 Å². The van der Waals surface area contributed by atoms with Crippen LogP contribution in [0.25, 0.3) is 0 Å². The van der Waals surface area contributed by atoms with E-state index in [1.54, 1.807) is 24.8 Å². The van der Waals surface area contributed by atoms with Crippen LogP contribution in [0.1, 0.15) is 28.4 Å². The molecule has 0 radical (unpaired) electrons. The molecule has 0 spiro atoms. The van der Waals surface area contributed by atoms with Gasteiger partial charge in [0, 0.05) is 11.7 Å². The molecular formula is C14H19NO3S. The van der Waals surface area contributed by atoms with Crippen LogP contribution in [0.5, 0.6) is 0 Å². The summed E-state index contributed by atoms with van der Waals surface area (Å²) in [6, 6.07) is 3.44. The SMILES string of the molecule is CSCC(C)C(=O)Nc1c(C)cc(C)cc1C(=O)O. The number of rotatable bonds is 5. The number of aryl methyl sites for hydroxylation is 2. The molecule has 1 rings (SSSR count).